The van der Waals surface area contributed by atoms with E-state index in [-0.39, 0.29) is 5.91 Å². The van der Waals surface area contributed by atoms with E-state index in [4.69, 9.17) is 9.47 Å². The van der Waals surface area contributed by atoms with Crippen molar-refractivity contribution < 1.29 is 14.3 Å². The van der Waals surface area contributed by atoms with Crippen molar-refractivity contribution in [1.82, 2.24) is 14.5 Å². The highest BCUT2D eigenvalue weighted by molar-refractivity contribution is 7.99. The fourth-order valence-electron chi connectivity index (χ4n) is 3.02. The number of amides is 1. The van der Waals surface area contributed by atoms with Gasteiger partial charge in [-0.25, -0.2) is 4.98 Å². The Morgan fingerprint density at radius 1 is 1.25 bits per heavy atom. The number of imidazole rings is 1. The molecule has 1 aliphatic rings. The predicted octanol–water partition coefficient (Wildman–Crippen LogP) is 3.63. The van der Waals surface area contributed by atoms with Crippen molar-refractivity contribution in [3.05, 3.63) is 49.7 Å². The molecule has 7 heteroatoms. The Morgan fingerprint density at radius 3 is 2.64 bits per heavy atom. The number of hydrogen-bond acceptors (Lipinski definition) is 5. The Balaban J connectivity index is 1.76. The van der Waals surface area contributed by atoms with E-state index < -0.39 is 0 Å². The summed E-state index contributed by atoms with van der Waals surface area (Å²) in [5.74, 6) is 1.87. The number of fused-ring (bicyclic) bond motifs is 1. The molecule has 28 heavy (non-hydrogen) atoms. The molecule has 1 aliphatic heterocycles. The fraction of sp³-hybridized carbons (Fsp3) is 0.333. The zero-order chi connectivity index (χ0) is 19.9. The van der Waals surface area contributed by atoms with Crippen LogP contribution >= 0.6 is 11.8 Å². The minimum absolute atomic E-state index is 0.0383. The Morgan fingerprint density at radius 2 is 1.96 bits per heavy atom. The number of carbonyl (C=O) groups excluding carboxylic acids is 1. The first-order valence-electron chi connectivity index (χ1n) is 9.25. The molecule has 0 fully saturated rings. The van der Waals surface area contributed by atoms with Gasteiger partial charge in [0.15, 0.2) is 16.7 Å². The van der Waals surface area contributed by atoms with E-state index in [0.29, 0.717) is 32.1 Å². The van der Waals surface area contributed by atoms with Gasteiger partial charge in [0.2, 0.25) is 5.91 Å². The number of hydrogen-bond donors (Lipinski definition) is 0. The van der Waals surface area contributed by atoms with E-state index in [1.807, 2.05) is 24.4 Å². The summed E-state index contributed by atoms with van der Waals surface area (Å²) in [7, 11) is 0. The van der Waals surface area contributed by atoms with Crippen LogP contribution in [0.15, 0.2) is 54.9 Å². The summed E-state index contributed by atoms with van der Waals surface area (Å²) in [5, 5.41) is 0.817. The van der Waals surface area contributed by atoms with Gasteiger partial charge in [-0.3, -0.25) is 4.79 Å². The molecule has 0 N–H and O–H groups in total. The minimum atomic E-state index is 0.0383. The maximum absolute atomic E-state index is 12.5. The van der Waals surface area contributed by atoms with Gasteiger partial charge in [0, 0.05) is 25.2 Å². The number of benzene rings is 1. The van der Waals surface area contributed by atoms with Gasteiger partial charge in [-0.15, -0.1) is 13.2 Å². The summed E-state index contributed by atoms with van der Waals surface area (Å²) in [6, 6.07) is 5.91. The molecule has 1 amide bonds. The Kier molecular flexibility index (Phi) is 6.81. The molecule has 0 atom stereocenters. The van der Waals surface area contributed by atoms with Gasteiger partial charge >= 0.3 is 0 Å². The average molecular weight is 400 g/mol. The van der Waals surface area contributed by atoms with Crippen LogP contribution in [0, 0.1) is 0 Å². The molecule has 0 saturated heterocycles. The summed E-state index contributed by atoms with van der Waals surface area (Å²) < 4.78 is 13.4. The van der Waals surface area contributed by atoms with E-state index in [9.17, 15) is 4.79 Å². The van der Waals surface area contributed by atoms with Gasteiger partial charge in [-0.1, -0.05) is 23.9 Å². The number of thioether (sulfide) groups is 1. The topological polar surface area (TPSA) is 56.6 Å². The summed E-state index contributed by atoms with van der Waals surface area (Å²) in [6.07, 6.45) is 5.28. The van der Waals surface area contributed by atoms with Gasteiger partial charge in [-0.2, -0.15) is 0 Å². The molecular formula is C21H25N3O3S. The van der Waals surface area contributed by atoms with Crippen molar-refractivity contribution in [2.45, 2.75) is 18.6 Å². The summed E-state index contributed by atoms with van der Waals surface area (Å²) in [4.78, 5) is 18.7. The highest BCUT2D eigenvalue weighted by atomic mass is 32.2. The zero-order valence-corrected chi connectivity index (χ0v) is 16.9. The lowest BCUT2D eigenvalue weighted by Crippen LogP contribution is -2.32. The summed E-state index contributed by atoms with van der Waals surface area (Å²) in [6.45, 7) is 12.4. The Hall–Kier alpha value is -2.67. The standard InChI is InChI=1S/C21H25N3O3S/c1-4-9-23(10-5-2)20(25)15-28-21-22-14-17(24(21)6-3)16-7-8-18-19(13-16)27-12-11-26-18/h4-5,7-8,13-14H,1-2,6,9-12,15H2,3H3. The average Bonchev–Trinajstić information content (AvgIpc) is 3.14. The molecule has 2 heterocycles. The van der Waals surface area contributed by atoms with Gasteiger partial charge in [-0.05, 0) is 25.1 Å². The molecule has 6 nitrogen and oxygen atoms in total. The normalized spacial score (nSPS) is 12.5. The number of nitrogens with zero attached hydrogens (tertiary/aromatic N) is 3. The molecule has 0 saturated carbocycles. The predicted molar refractivity (Wildman–Crippen MR) is 112 cm³/mol. The quantitative estimate of drug-likeness (QED) is 0.476. The first kappa shape index (κ1) is 20.1. The molecule has 0 spiro atoms. The molecule has 2 aromatic rings. The lowest BCUT2D eigenvalue weighted by Gasteiger charge is -2.19. The van der Waals surface area contributed by atoms with Crippen molar-refractivity contribution in [3.63, 3.8) is 0 Å². The Labute approximate surface area is 169 Å². The molecule has 0 radical (unpaired) electrons. The lowest BCUT2D eigenvalue weighted by molar-refractivity contribution is -0.127. The fourth-order valence-corrected chi connectivity index (χ4v) is 3.97. The molecule has 0 bridgehead atoms. The van der Waals surface area contributed by atoms with E-state index in [1.165, 1.54) is 11.8 Å². The van der Waals surface area contributed by atoms with Gasteiger partial charge in [0.1, 0.15) is 13.2 Å². The van der Waals surface area contributed by atoms with Crippen LogP contribution < -0.4 is 9.47 Å². The molecule has 1 aromatic heterocycles. The third-order valence-corrected chi connectivity index (χ3v) is 5.32. The van der Waals surface area contributed by atoms with Crippen LogP contribution in [-0.4, -0.2) is 52.4 Å². The second-order valence-corrected chi connectivity index (χ2v) is 7.14. The highest BCUT2D eigenvalue weighted by Crippen LogP contribution is 2.35. The molecular weight excluding hydrogens is 374 g/mol. The van der Waals surface area contributed by atoms with Crippen LogP contribution in [0.1, 0.15) is 6.92 Å². The zero-order valence-electron chi connectivity index (χ0n) is 16.1. The third-order valence-electron chi connectivity index (χ3n) is 4.35. The van der Waals surface area contributed by atoms with E-state index in [0.717, 1.165) is 34.5 Å². The van der Waals surface area contributed by atoms with Crippen LogP contribution in [-0.2, 0) is 11.3 Å². The van der Waals surface area contributed by atoms with E-state index >= 15 is 0 Å². The van der Waals surface area contributed by atoms with Crippen molar-refractivity contribution in [2.75, 3.05) is 32.1 Å². The second kappa shape index (κ2) is 9.50. The first-order chi connectivity index (χ1) is 13.7. The lowest BCUT2D eigenvalue weighted by atomic mass is 10.1. The second-order valence-electron chi connectivity index (χ2n) is 6.19. The van der Waals surface area contributed by atoms with Crippen molar-refractivity contribution in [2.24, 2.45) is 0 Å². The van der Waals surface area contributed by atoms with Gasteiger partial charge in [0.05, 0.1) is 17.6 Å². The van der Waals surface area contributed by atoms with Crippen molar-refractivity contribution in [1.29, 1.82) is 0 Å². The number of carbonyl (C=O) groups is 1. The monoisotopic (exact) mass is 399 g/mol. The maximum Gasteiger partial charge on any atom is 0.233 e. The summed E-state index contributed by atoms with van der Waals surface area (Å²) in [5.41, 5.74) is 2.00. The van der Waals surface area contributed by atoms with Crippen LogP contribution in [0.25, 0.3) is 11.3 Å². The molecule has 0 unspecified atom stereocenters. The van der Waals surface area contributed by atoms with Crippen LogP contribution in [0.4, 0.5) is 0 Å². The number of rotatable bonds is 9. The molecule has 1 aromatic carbocycles. The minimum Gasteiger partial charge on any atom is -0.486 e. The largest absolute Gasteiger partial charge is 0.486 e. The Bertz CT molecular complexity index is 853. The maximum atomic E-state index is 12.5. The number of ether oxygens (including phenoxy) is 2. The first-order valence-corrected chi connectivity index (χ1v) is 10.2. The van der Waals surface area contributed by atoms with E-state index in [1.54, 1.807) is 17.1 Å². The molecule has 3 rings (SSSR count). The van der Waals surface area contributed by atoms with Crippen LogP contribution in [0.2, 0.25) is 0 Å². The van der Waals surface area contributed by atoms with Crippen LogP contribution in [0.3, 0.4) is 0 Å². The van der Waals surface area contributed by atoms with Gasteiger partial charge < -0.3 is 18.9 Å². The van der Waals surface area contributed by atoms with Gasteiger partial charge in [0.25, 0.3) is 0 Å². The third kappa shape index (κ3) is 4.42. The number of aromatic nitrogens is 2. The summed E-state index contributed by atoms with van der Waals surface area (Å²) >= 11 is 1.44. The van der Waals surface area contributed by atoms with Crippen LogP contribution in [0.5, 0.6) is 11.5 Å². The molecule has 148 valence electrons. The van der Waals surface area contributed by atoms with E-state index in [2.05, 4.69) is 29.6 Å². The molecule has 0 aliphatic carbocycles. The van der Waals surface area contributed by atoms with Crippen molar-refractivity contribution >= 4 is 17.7 Å². The smallest absolute Gasteiger partial charge is 0.233 e. The highest BCUT2D eigenvalue weighted by Gasteiger charge is 2.18. The SMILES string of the molecule is C=CCN(CC=C)C(=O)CSc1ncc(-c2ccc3c(c2)OCCO3)n1CC. The van der Waals surface area contributed by atoms with Crippen molar-refractivity contribution in [3.8, 4) is 22.8 Å².